The van der Waals surface area contributed by atoms with Crippen LogP contribution in [0.5, 0.6) is 5.75 Å². The summed E-state index contributed by atoms with van der Waals surface area (Å²) in [5, 5.41) is 0. The van der Waals surface area contributed by atoms with Gasteiger partial charge in [-0.25, -0.2) is 0 Å². The third-order valence-corrected chi connectivity index (χ3v) is 3.66. The Morgan fingerprint density at radius 1 is 1.33 bits per heavy atom. The molecule has 5 heteroatoms. The van der Waals surface area contributed by atoms with Gasteiger partial charge in [0, 0.05) is 43.6 Å². The highest BCUT2D eigenvalue weighted by Crippen LogP contribution is 2.25. The van der Waals surface area contributed by atoms with Crippen molar-refractivity contribution in [2.45, 2.75) is 26.2 Å². The fourth-order valence-corrected chi connectivity index (χ4v) is 2.49. The smallest absolute Gasteiger partial charge is 0.242 e. The minimum Gasteiger partial charge on any atom is -0.493 e. The number of anilines is 2. The standard InChI is InChI=1S/C16H25N3O2/c1-3-8-21-15-10-13(17)9-14(11-15)18(2)12-16(20)19-6-4-5-7-19/h9-11H,3-8,12,17H2,1-2H3. The van der Waals surface area contributed by atoms with E-state index in [-0.39, 0.29) is 5.91 Å². The number of carbonyl (C=O) groups is 1. The van der Waals surface area contributed by atoms with Gasteiger partial charge < -0.3 is 20.3 Å². The van der Waals surface area contributed by atoms with Gasteiger partial charge >= 0.3 is 0 Å². The van der Waals surface area contributed by atoms with Crippen molar-refractivity contribution in [3.8, 4) is 5.75 Å². The molecular formula is C16H25N3O2. The normalized spacial score (nSPS) is 14.3. The van der Waals surface area contributed by atoms with Gasteiger partial charge in [0.25, 0.3) is 0 Å². The molecule has 1 aromatic carbocycles. The number of likely N-dealkylation sites (tertiary alicyclic amines) is 1. The second-order valence-electron chi connectivity index (χ2n) is 5.55. The predicted molar refractivity (Wildman–Crippen MR) is 85.7 cm³/mol. The quantitative estimate of drug-likeness (QED) is 0.816. The van der Waals surface area contributed by atoms with E-state index < -0.39 is 0 Å². The van der Waals surface area contributed by atoms with Crippen LogP contribution in [0, 0.1) is 0 Å². The topological polar surface area (TPSA) is 58.8 Å². The molecule has 1 heterocycles. The van der Waals surface area contributed by atoms with Gasteiger partial charge in [-0.15, -0.1) is 0 Å². The molecule has 0 aromatic heterocycles. The van der Waals surface area contributed by atoms with Gasteiger partial charge in [-0.2, -0.15) is 0 Å². The number of nitrogens with zero attached hydrogens (tertiary/aromatic N) is 2. The highest BCUT2D eigenvalue weighted by atomic mass is 16.5. The van der Waals surface area contributed by atoms with Crippen LogP contribution in [0.25, 0.3) is 0 Å². The molecule has 2 N–H and O–H groups in total. The fraction of sp³-hybridized carbons (Fsp3) is 0.562. The van der Waals surface area contributed by atoms with E-state index in [0.29, 0.717) is 18.8 Å². The Morgan fingerprint density at radius 2 is 2.05 bits per heavy atom. The van der Waals surface area contributed by atoms with Crippen LogP contribution in [-0.2, 0) is 4.79 Å². The van der Waals surface area contributed by atoms with Crippen molar-refractivity contribution >= 4 is 17.3 Å². The summed E-state index contributed by atoms with van der Waals surface area (Å²) in [6.45, 7) is 4.87. The molecule has 2 rings (SSSR count). The third kappa shape index (κ3) is 4.28. The molecule has 0 unspecified atom stereocenters. The Morgan fingerprint density at radius 3 is 2.71 bits per heavy atom. The first kappa shape index (κ1) is 15.5. The van der Waals surface area contributed by atoms with E-state index in [1.165, 1.54) is 0 Å². The minimum atomic E-state index is 0.174. The zero-order valence-corrected chi connectivity index (χ0v) is 13.0. The maximum absolute atomic E-state index is 12.2. The third-order valence-electron chi connectivity index (χ3n) is 3.66. The van der Waals surface area contributed by atoms with Crippen LogP contribution in [0.15, 0.2) is 18.2 Å². The number of carbonyl (C=O) groups excluding carboxylic acids is 1. The predicted octanol–water partition coefficient (Wildman–Crippen LogP) is 2.12. The van der Waals surface area contributed by atoms with Crippen molar-refractivity contribution in [1.82, 2.24) is 4.90 Å². The maximum Gasteiger partial charge on any atom is 0.242 e. The lowest BCUT2D eigenvalue weighted by Gasteiger charge is -2.23. The zero-order chi connectivity index (χ0) is 15.2. The summed E-state index contributed by atoms with van der Waals surface area (Å²) in [5.74, 6) is 0.931. The molecule has 1 aliphatic rings. The van der Waals surface area contributed by atoms with Gasteiger partial charge in [-0.1, -0.05) is 6.92 Å². The molecule has 0 spiro atoms. The second kappa shape index (κ2) is 7.20. The van der Waals surface area contributed by atoms with E-state index in [4.69, 9.17) is 10.5 Å². The molecule has 0 radical (unpaired) electrons. The zero-order valence-electron chi connectivity index (χ0n) is 13.0. The number of ether oxygens (including phenoxy) is 1. The van der Waals surface area contributed by atoms with Gasteiger partial charge in [-0.3, -0.25) is 4.79 Å². The Balaban J connectivity index is 2.01. The Labute approximate surface area is 126 Å². The molecule has 0 aliphatic carbocycles. The number of hydrogen-bond acceptors (Lipinski definition) is 4. The maximum atomic E-state index is 12.2. The summed E-state index contributed by atoms with van der Waals surface area (Å²) in [5.41, 5.74) is 7.48. The number of likely N-dealkylation sites (N-methyl/N-ethyl adjacent to an activating group) is 1. The molecule has 1 amide bonds. The van der Waals surface area contributed by atoms with Crippen LogP contribution in [0.2, 0.25) is 0 Å². The molecule has 1 aliphatic heterocycles. The Hall–Kier alpha value is -1.91. The molecular weight excluding hydrogens is 266 g/mol. The second-order valence-corrected chi connectivity index (χ2v) is 5.55. The van der Waals surface area contributed by atoms with E-state index in [0.717, 1.165) is 43.8 Å². The van der Waals surface area contributed by atoms with Crippen LogP contribution < -0.4 is 15.4 Å². The van der Waals surface area contributed by atoms with Gasteiger partial charge in [0.05, 0.1) is 13.2 Å². The van der Waals surface area contributed by atoms with Crippen molar-refractivity contribution < 1.29 is 9.53 Å². The number of rotatable bonds is 6. The van der Waals surface area contributed by atoms with Gasteiger partial charge in [0.15, 0.2) is 0 Å². The SMILES string of the molecule is CCCOc1cc(N)cc(N(C)CC(=O)N2CCCC2)c1. The summed E-state index contributed by atoms with van der Waals surface area (Å²) in [6.07, 6.45) is 3.18. The van der Waals surface area contributed by atoms with Crippen LogP contribution in [0.4, 0.5) is 11.4 Å². The van der Waals surface area contributed by atoms with Crippen LogP contribution in [-0.4, -0.2) is 44.1 Å². The molecule has 0 atom stereocenters. The van der Waals surface area contributed by atoms with Gasteiger partial charge in [0.1, 0.15) is 5.75 Å². The number of amides is 1. The van der Waals surface area contributed by atoms with Crippen LogP contribution >= 0.6 is 0 Å². The van der Waals surface area contributed by atoms with Crippen LogP contribution in [0.1, 0.15) is 26.2 Å². The molecule has 0 saturated carbocycles. The molecule has 5 nitrogen and oxygen atoms in total. The summed E-state index contributed by atoms with van der Waals surface area (Å²) < 4.78 is 5.63. The van der Waals surface area contributed by atoms with Gasteiger partial charge in [-0.05, 0) is 25.3 Å². The number of hydrogen-bond donors (Lipinski definition) is 1. The van der Waals surface area contributed by atoms with Crippen LogP contribution in [0.3, 0.4) is 0 Å². The monoisotopic (exact) mass is 291 g/mol. The molecule has 116 valence electrons. The highest BCUT2D eigenvalue weighted by Gasteiger charge is 2.19. The lowest BCUT2D eigenvalue weighted by Crippen LogP contribution is -2.37. The van der Waals surface area contributed by atoms with E-state index in [1.807, 2.05) is 35.0 Å². The van der Waals surface area contributed by atoms with E-state index in [2.05, 4.69) is 6.92 Å². The first-order valence-electron chi connectivity index (χ1n) is 7.62. The van der Waals surface area contributed by atoms with Crippen molar-refractivity contribution in [3.63, 3.8) is 0 Å². The Bertz CT molecular complexity index is 484. The first-order chi connectivity index (χ1) is 10.1. The van der Waals surface area contributed by atoms with E-state index in [1.54, 1.807) is 0 Å². The van der Waals surface area contributed by atoms with Crippen molar-refractivity contribution in [2.24, 2.45) is 0 Å². The number of nitrogens with two attached hydrogens (primary N) is 1. The molecule has 1 saturated heterocycles. The summed E-state index contributed by atoms with van der Waals surface area (Å²) >= 11 is 0. The number of nitrogen functional groups attached to an aromatic ring is 1. The first-order valence-corrected chi connectivity index (χ1v) is 7.62. The highest BCUT2D eigenvalue weighted by molar-refractivity contribution is 5.82. The fourth-order valence-electron chi connectivity index (χ4n) is 2.49. The molecule has 1 aromatic rings. The molecule has 1 fully saturated rings. The lowest BCUT2D eigenvalue weighted by atomic mass is 10.2. The summed E-state index contributed by atoms with van der Waals surface area (Å²) in [7, 11) is 1.91. The van der Waals surface area contributed by atoms with Crippen molar-refractivity contribution in [3.05, 3.63) is 18.2 Å². The average Bonchev–Trinajstić information content (AvgIpc) is 2.98. The summed E-state index contributed by atoms with van der Waals surface area (Å²) in [4.78, 5) is 16.0. The molecule has 0 bridgehead atoms. The van der Waals surface area contributed by atoms with E-state index >= 15 is 0 Å². The van der Waals surface area contributed by atoms with Crippen molar-refractivity contribution in [2.75, 3.05) is 43.9 Å². The Kier molecular flexibility index (Phi) is 5.31. The summed E-state index contributed by atoms with van der Waals surface area (Å²) in [6, 6.07) is 5.62. The van der Waals surface area contributed by atoms with Crippen molar-refractivity contribution in [1.29, 1.82) is 0 Å². The number of benzene rings is 1. The van der Waals surface area contributed by atoms with Gasteiger partial charge in [0.2, 0.25) is 5.91 Å². The molecule has 21 heavy (non-hydrogen) atoms. The lowest BCUT2D eigenvalue weighted by molar-refractivity contribution is -0.128. The minimum absolute atomic E-state index is 0.174. The largest absolute Gasteiger partial charge is 0.493 e. The average molecular weight is 291 g/mol. The van der Waals surface area contributed by atoms with E-state index in [9.17, 15) is 4.79 Å².